The van der Waals surface area contributed by atoms with Crippen LogP contribution in [0.4, 0.5) is 10.1 Å². The van der Waals surface area contributed by atoms with Gasteiger partial charge >= 0.3 is 11.8 Å². The molecule has 0 radical (unpaired) electrons. The number of hydrogen-bond donors (Lipinski definition) is 1. The predicted octanol–water partition coefficient (Wildman–Crippen LogP) is 2.02. The molecule has 1 aromatic carbocycles. The van der Waals surface area contributed by atoms with Gasteiger partial charge in [0, 0.05) is 25.7 Å². The Hall–Kier alpha value is -1.95. The Morgan fingerprint density at radius 3 is 2.84 bits per heavy atom. The summed E-state index contributed by atoms with van der Waals surface area (Å²) in [6.07, 6.45) is 3.72. The van der Waals surface area contributed by atoms with Gasteiger partial charge in [-0.3, -0.25) is 14.5 Å². The van der Waals surface area contributed by atoms with Crippen molar-refractivity contribution in [2.75, 3.05) is 31.5 Å². The molecule has 5 nitrogen and oxygen atoms in total. The molecule has 4 rings (SSSR count). The van der Waals surface area contributed by atoms with E-state index in [2.05, 4.69) is 10.2 Å². The third-order valence-corrected chi connectivity index (χ3v) is 5.97. The van der Waals surface area contributed by atoms with Crippen molar-refractivity contribution in [1.29, 1.82) is 0 Å². The minimum Gasteiger partial charge on any atom is -0.334 e. The first-order valence-corrected chi connectivity index (χ1v) is 9.13. The Morgan fingerprint density at radius 1 is 1.20 bits per heavy atom. The fourth-order valence-electron chi connectivity index (χ4n) is 4.76. The van der Waals surface area contributed by atoms with Gasteiger partial charge in [-0.15, -0.1) is 0 Å². The molecule has 3 heterocycles. The molecule has 0 saturated carbocycles. The molecule has 0 aliphatic carbocycles. The minimum atomic E-state index is -0.747. The summed E-state index contributed by atoms with van der Waals surface area (Å²) in [6, 6.07) is 5.11. The van der Waals surface area contributed by atoms with Crippen molar-refractivity contribution in [2.24, 2.45) is 11.8 Å². The summed E-state index contributed by atoms with van der Waals surface area (Å²) in [5, 5.41) is 2.42. The monoisotopic (exact) mass is 345 g/mol. The number of carbonyl (C=O) groups excluding carboxylic acids is 2. The summed E-state index contributed by atoms with van der Waals surface area (Å²) >= 11 is 0. The topological polar surface area (TPSA) is 52.7 Å². The van der Waals surface area contributed by atoms with Crippen molar-refractivity contribution in [3.05, 3.63) is 29.6 Å². The first kappa shape index (κ1) is 16.5. The van der Waals surface area contributed by atoms with Crippen LogP contribution in [0.3, 0.4) is 0 Å². The molecule has 6 heteroatoms. The van der Waals surface area contributed by atoms with Gasteiger partial charge in [0.05, 0.1) is 5.69 Å². The Morgan fingerprint density at radius 2 is 2.04 bits per heavy atom. The van der Waals surface area contributed by atoms with Crippen LogP contribution in [0.25, 0.3) is 0 Å². The molecule has 2 amide bonds. The average Bonchev–Trinajstić information content (AvgIpc) is 3.14. The molecule has 3 saturated heterocycles. The average molecular weight is 345 g/mol. The van der Waals surface area contributed by atoms with Crippen LogP contribution in [-0.4, -0.2) is 53.8 Å². The number of aryl methyl sites for hydroxylation is 1. The Kier molecular flexibility index (Phi) is 4.23. The molecule has 3 aliphatic heterocycles. The maximum Gasteiger partial charge on any atom is 0.313 e. The fourth-order valence-corrected chi connectivity index (χ4v) is 4.76. The number of likely N-dealkylation sites (tertiary alicyclic amines) is 1. The van der Waals surface area contributed by atoms with Crippen molar-refractivity contribution < 1.29 is 14.0 Å². The lowest BCUT2D eigenvalue weighted by molar-refractivity contribution is -0.142. The van der Waals surface area contributed by atoms with E-state index >= 15 is 0 Å². The summed E-state index contributed by atoms with van der Waals surface area (Å²) in [7, 11) is 0. The Balaban J connectivity index is 1.39. The van der Waals surface area contributed by atoms with Crippen LogP contribution in [0.2, 0.25) is 0 Å². The van der Waals surface area contributed by atoms with Gasteiger partial charge in [0.1, 0.15) is 5.82 Å². The van der Waals surface area contributed by atoms with Gasteiger partial charge in [0.2, 0.25) is 0 Å². The second-order valence-electron chi connectivity index (χ2n) is 7.63. The third-order valence-electron chi connectivity index (χ3n) is 5.97. The Bertz CT molecular complexity index is 708. The molecule has 1 aromatic rings. The van der Waals surface area contributed by atoms with Crippen LogP contribution >= 0.6 is 0 Å². The highest BCUT2D eigenvalue weighted by Gasteiger charge is 2.48. The lowest BCUT2D eigenvalue weighted by atomic mass is 9.90. The van der Waals surface area contributed by atoms with E-state index in [4.69, 9.17) is 0 Å². The third kappa shape index (κ3) is 3.03. The zero-order valence-corrected chi connectivity index (χ0v) is 14.5. The summed E-state index contributed by atoms with van der Waals surface area (Å²) < 4.78 is 13.9. The highest BCUT2D eigenvalue weighted by molar-refractivity contribution is 6.39. The second kappa shape index (κ2) is 6.41. The predicted molar refractivity (Wildman–Crippen MR) is 92.5 cm³/mol. The SMILES string of the molecule is Cc1ccc(NC(=O)C(=O)N2CC3CN4CCCCC4C3C2)c(F)c1. The summed E-state index contributed by atoms with van der Waals surface area (Å²) in [5.41, 5.74) is 0.827. The number of rotatable bonds is 1. The van der Waals surface area contributed by atoms with Gasteiger partial charge in [0.15, 0.2) is 0 Å². The molecule has 0 aromatic heterocycles. The number of benzene rings is 1. The van der Waals surface area contributed by atoms with E-state index in [1.807, 2.05) is 0 Å². The van der Waals surface area contributed by atoms with Crippen molar-refractivity contribution >= 4 is 17.5 Å². The number of carbonyl (C=O) groups is 2. The normalized spacial score (nSPS) is 28.6. The largest absolute Gasteiger partial charge is 0.334 e. The van der Waals surface area contributed by atoms with Crippen molar-refractivity contribution in [3.63, 3.8) is 0 Å². The molecular weight excluding hydrogens is 321 g/mol. The van der Waals surface area contributed by atoms with Gasteiger partial charge in [-0.25, -0.2) is 4.39 Å². The molecule has 3 atom stereocenters. The van der Waals surface area contributed by atoms with Gasteiger partial charge in [-0.2, -0.15) is 0 Å². The zero-order chi connectivity index (χ0) is 17.6. The number of hydrogen-bond acceptors (Lipinski definition) is 3. The number of anilines is 1. The summed E-state index contributed by atoms with van der Waals surface area (Å²) in [6.45, 7) is 5.26. The molecule has 1 N–H and O–H groups in total. The molecule has 0 spiro atoms. The van der Waals surface area contributed by atoms with Gasteiger partial charge < -0.3 is 10.2 Å². The molecule has 3 fully saturated rings. The van der Waals surface area contributed by atoms with Crippen LogP contribution in [-0.2, 0) is 9.59 Å². The van der Waals surface area contributed by atoms with Crippen LogP contribution in [0, 0.1) is 24.6 Å². The van der Waals surface area contributed by atoms with Crippen molar-refractivity contribution in [1.82, 2.24) is 9.80 Å². The van der Waals surface area contributed by atoms with Crippen molar-refractivity contribution in [2.45, 2.75) is 32.2 Å². The first-order chi connectivity index (χ1) is 12.0. The summed E-state index contributed by atoms with van der Waals surface area (Å²) in [5.74, 6) is -0.860. The number of halogens is 1. The smallest absolute Gasteiger partial charge is 0.313 e. The highest BCUT2D eigenvalue weighted by Crippen LogP contribution is 2.40. The highest BCUT2D eigenvalue weighted by atomic mass is 19.1. The fraction of sp³-hybridized carbons (Fsp3) is 0.579. The molecule has 3 unspecified atom stereocenters. The quantitative estimate of drug-likeness (QED) is 0.792. The number of fused-ring (bicyclic) bond motifs is 3. The van der Waals surface area contributed by atoms with Gasteiger partial charge in [0.25, 0.3) is 0 Å². The summed E-state index contributed by atoms with van der Waals surface area (Å²) in [4.78, 5) is 29.0. The Labute approximate surface area is 147 Å². The minimum absolute atomic E-state index is 0.0572. The first-order valence-electron chi connectivity index (χ1n) is 9.13. The van der Waals surface area contributed by atoms with E-state index in [-0.39, 0.29) is 5.69 Å². The molecular formula is C19H24FN3O2. The van der Waals surface area contributed by atoms with Gasteiger partial charge in [-0.1, -0.05) is 12.5 Å². The standard InChI is InChI=1S/C19H24FN3O2/c1-12-5-6-16(15(20)8-12)21-18(24)19(25)23-10-13-9-22-7-3-2-4-17(22)14(13)11-23/h5-6,8,13-14,17H,2-4,7,9-11H2,1H3,(H,21,24). The second-order valence-corrected chi connectivity index (χ2v) is 7.63. The lowest BCUT2D eigenvalue weighted by Gasteiger charge is -2.33. The van der Waals surface area contributed by atoms with E-state index in [0.29, 0.717) is 31.0 Å². The van der Waals surface area contributed by atoms with Crippen molar-refractivity contribution in [3.8, 4) is 0 Å². The van der Waals surface area contributed by atoms with Crippen LogP contribution in [0.15, 0.2) is 18.2 Å². The zero-order valence-electron chi connectivity index (χ0n) is 14.5. The maximum atomic E-state index is 13.9. The lowest BCUT2D eigenvalue weighted by Crippen LogP contribution is -2.43. The molecule has 25 heavy (non-hydrogen) atoms. The number of nitrogens with zero attached hydrogens (tertiary/aromatic N) is 2. The molecule has 0 bridgehead atoms. The maximum absolute atomic E-state index is 13.9. The number of amides is 2. The van der Waals surface area contributed by atoms with Crippen LogP contribution in [0.1, 0.15) is 24.8 Å². The molecule has 134 valence electrons. The van der Waals surface area contributed by atoms with E-state index in [1.165, 1.54) is 37.9 Å². The molecule has 3 aliphatic rings. The van der Waals surface area contributed by atoms with E-state index in [0.717, 1.165) is 12.1 Å². The number of piperidine rings is 1. The van der Waals surface area contributed by atoms with E-state index in [9.17, 15) is 14.0 Å². The van der Waals surface area contributed by atoms with Gasteiger partial charge in [-0.05, 0) is 55.8 Å². The van der Waals surface area contributed by atoms with E-state index in [1.54, 1.807) is 17.9 Å². The van der Waals surface area contributed by atoms with E-state index < -0.39 is 17.6 Å². The number of nitrogens with one attached hydrogen (secondary N) is 1. The van der Waals surface area contributed by atoms with Crippen LogP contribution < -0.4 is 5.32 Å². The van der Waals surface area contributed by atoms with Crippen LogP contribution in [0.5, 0.6) is 0 Å².